The summed E-state index contributed by atoms with van der Waals surface area (Å²) in [5.74, 6) is -0.378. The second-order valence-electron chi connectivity index (χ2n) is 4.21. The van der Waals surface area contributed by atoms with E-state index in [-0.39, 0.29) is 5.82 Å². The third-order valence-electron chi connectivity index (χ3n) is 2.77. The fourth-order valence-corrected chi connectivity index (χ4v) is 2.20. The number of nitriles is 1. The first-order chi connectivity index (χ1) is 9.11. The van der Waals surface area contributed by atoms with E-state index in [1.54, 1.807) is 12.1 Å². The van der Waals surface area contributed by atoms with Crippen LogP contribution in [-0.2, 0) is 0 Å². The number of aryl methyl sites for hydroxylation is 1. The molecule has 0 saturated heterocycles. The summed E-state index contributed by atoms with van der Waals surface area (Å²) < 4.78 is 14.6. The van der Waals surface area contributed by atoms with Gasteiger partial charge in [0.15, 0.2) is 0 Å². The maximum absolute atomic E-state index is 13.8. The Morgan fingerprint density at radius 1 is 1.26 bits per heavy atom. The molecule has 19 heavy (non-hydrogen) atoms. The second kappa shape index (κ2) is 5.85. The van der Waals surface area contributed by atoms with E-state index in [0.717, 1.165) is 15.7 Å². The Morgan fingerprint density at radius 2 is 2.00 bits per heavy atom. The Hall–Kier alpha value is -1.86. The summed E-state index contributed by atoms with van der Waals surface area (Å²) >= 11 is 3.39. The van der Waals surface area contributed by atoms with Gasteiger partial charge in [0.2, 0.25) is 0 Å². The van der Waals surface area contributed by atoms with Gasteiger partial charge in [-0.2, -0.15) is 5.26 Å². The first-order valence-electron chi connectivity index (χ1n) is 5.78. The molecule has 0 saturated carbocycles. The van der Waals surface area contributed by atoms with E-state index in [9.17, 15) is 9.65 Å². The number of hydrogen-bond acceptors (Lipinski definition) is 2. The van der Waals surface area contributed by atoms with Gasteiger partial charge < -0.3 is 5.32 Å². The number of nitrogens with one attached hydrogen (secondary N) is 1. The Bertz CT molecular complexity index is 634. The third kappa shape index (κ3) is 3.12. The van der Waals surface area contributed by atoms with E-state index in [1.807, 2.05) is 31.2 Å². The monoisotopic (exact) mass is 318 g/mol. The molecule has 0 aliphatic heterocycles. The number of rotatable bonds is 3. The molecule has 0 bridgehead atoms. The van der Waals surface area contributed by atoms with Crippen LogP contribution in [0.25, 0.3) is 0 Å². The van der Waals surface area contributed by atoms with E-state index in [0.29, 0.717) is 5.56 Å². The van der Waals surface area contributed by atoms with Crippen molar-refractivity contribution in [2.75, 3.05) is 5.32 Å². The first-order valence-corrected chi connectivity index (χ1v) is 6.58. The molecule has 2 nitrogen and oxygen atoms in total. The summed E-state index contributed by atoms with van der Waals surface area (Å²) in [4.78, 5) is 0. The predicted molar refractivity (Wildman–Crippen MR) is 77.3 cm³/mol. The van der Waals surface area contributed by atoms with Crippen LogP contribution in [0.15, 0.2) is 46.9 Å². The minimum Gasteiger partial charge on any atom is -0.365 e. The van der Waals surface area contributed by atoms with E-state index in [2.05, 4.69) is 27.3 Å². The van der Waals surface area contributed by atoms with Gasteiger partial charge in [0, 0.05) is 15.7 Å². The summed E-state index contributed by atoms with van der Waals surface area (Å²) in [6.45, 7) is 1.87. The lowest BCUT2D eigenvalue weighted by Crippen LogP contribution is -2.11. The summed E-state index contributed by atoms with van der Waals surface area (Å²) in [7, 11) is 0. The number of halogens is 2. The number of anilines is 1. The van der Waals surface area contributed by atoms with E-state index in [4.69, 9.17) is 0 Å². The Balaban J connectivity index is 2.34. The van der Waals surface area contributed by atoms with Gasteiger partial charge in [-0.3, -0.25) is 0 Å². The molecule has 2 aromatic rings. The van der Waals surface area contributed by atoms with Crippen LogP contribution < -0.4 is 5.32 Å². The first kappa shape index (κ1) is 13.6. The van der Waals surface area contributed by atoms with Crippen molar-refractivity contribution in [1.29, 1.82) is 5.26 Å². The van der Waals surface area contributed by atoms with Crippen LogP contribution in [0, 0.1) is 24.1 Å². The van der Waals surface area contributed by atoms with E-state index in [1.165, 1.54) is 6.07 Å². The average Bonchev–Trinajstić information content (AvgIpc) is 2.41. The largest absolute Gasteiger partial charge is 0.365 e. The zero-order valence-electron chi connectivity index (χ0n) is 10.3. The third-order valence-corrected chi connectivity index (χ3v) is 3.46. The number of nitrogens with zero attached hydrogens (tertiary/aromatic N) is 1. The van der Waals surface area contributed by atoms with Crippen molar-refractivity contribution in [2.24, 2.45) is 0 Å². The van der Waals surface area contributed by atoms with Crippen LogP contribution in [0.3, 0.4) is 0 Å². The molecular formula is C15H12BrFN2. The number of benzene rings is 2. The van der Waals surface area contributed by atoms with Gasteiger partial charge in [-0.15, -0.1) is 0 Å². The highest BCUT2D eigenvalue weighted by Gasteiger charge is 2.16. The van der Waals surface area contributed by atoms with Crippen molar-refractivity contribution in [1.82, 2.24) is 0 Å². The van der Waals surface area contributed by atoms with Crippen LogP contribution in [0.2, 0.25) is 0 Å². The Morgan fingerprint density at radius 3 is 2.68 bits per heavy atom. The summed E-state index contributed by atoms with van der Waals surface area (Å²) in [6, 6.07) is 13.6. The van der Waals surface area contributed by atoms with Crippen molar-refractivity contribution in [3.8, 4) is 6.07 Å². The normalized spacial score (nSPS) is 11.7. The smallest absolute Gasteiger partial charge is 0.143 e. The molecular weight excluding hydrogens is 307 g/mol. The van der Waals surface area contributed by atoms with Crippen LogP contribution in [0.1, 0.15) is 17.2 Å². The molecule has 2 rings (SSSR count). The van der Waals surface area contributed by atoms with E-state index >= 15 is 0 Å². The molecule has 0 aromatic heterocycles. The summed E-state index contributed by atoms with van der Waals surface area (Å²) in [6.07, 6.45) is 0. The lowest BCUT2D eigenvalue weighted by atomic mass is 10.0. The SMILES string of the molecule is Cc1ccc(F)c(C(C#N)Nc2ccccc2Br)c1. The molecule has 2 aromatic carbocycles. The lowest BCUT2D eigenvalue weighted by Gasteiger charge is -2.15. The van der Waals surface area contributed by atoms with Crippen LogP contribution in [-0.4, -0.2) is 0 Å². The zero-order chi connectivity index (χ0) is 13.8. The topological polar surface area (TPSA) is 35.8 Å². The quantitative estimate of drug-likeness (QED) is 0.899. The average molecular weight is 319 g/mol. The molecule has 4 heteroatoms. The predicted octanol–water partition coefficient (Wildman–Crippen LogP) is 4.57. The van der Waals surface area contributed by atoms with E-state index < -0.39 is 6.04 Å². The molecule has 1 N–H and O–H groups in total. The van der Waals surface area contributed by atoms with Gasteiger partial charge in [-0.1, -0.05) is 29.8 Å². The van der Waals surface area contributed by atoms with Gasteiger partial charge in [0.05, 0.1) is 6.07 Å². The highest BCUT2D eigenvalue weighted by molar-refractivity contribution is 9.10. The Kier molecular flexibility index (Phi) is 4.18. The van der Waals surface area contributed by atoms with Crippen LogP contribution in [0.4, 0.5) is 10.1 Å². The molecule has 0 spiro atoms. The van der Waals surface area contributed by atoms with Gasteiger partial charge in [0.25, 0.3) is 0 Å². The summed E-state index contributed by atoms with van der Waals surface area (Å²) in [5.41, 5.74) is 2.04. The minimum atomic E-state index is -0.724. The van der Waals surface area contributed by atoms with Crippen molar-refractivity contribution in [3.63, 3.8) is 0 Å². The molecule has 0 aliphatic carbocycles. The second-order valence-corrected chi connectivity index (χ2v) is 5.07. The standard InChI is InChI=1S/C15H12BrFN2/c1-10-6-7-13(17)11(8-10)15(9-18)19-14-5-3-2-4-12(14)16/h2-8,15,19H,1H3. The van der Waals surface area contributed by atoms with Crippen molar-refractivity contribution < 1.29 is 4.39 Å². The molecule has 96 valence electrons. The minimum absolute atomic E-state index is 0.359. The molecule has 0 aliphatic rings. The number of hydrogen-bond donors (Lipinski definition) is 1. The Labute approximate surface area is 120 Å². The van der Waals surface area contributed by atoms with Crippen molar-refractivity contribution in [3.05, 3.63) is 63.9 Å². The zero-order valence-corrected chi connectivity index (χ0v) is 11.9. The molecule has 1 unspecified atom stereocenters. The molecule has 0 amide bonds. The van der Waals surface area contributed by atoms with Gasteiger partial charge in [-0.25, -0.2) is 4.39 Å². The van der Waals surface area contributed by atoms with Gasteiger partial charge in [-0.05, 0) is 41.1 Å². The van der Waals surface area contributed by atoms with Crippen molar-refractivity contribution in [2.45, 2.75) is 13.0 Å². The molecule has 0 fully saturated rings. The lowest BCUT2D eigenvalue weighted by molar-refractivity contribution is 0.607. The molecule has 0 radical (unpaired) electrons. The van der Waals surface area contributed by atoms with Crippen molar-refractivity contribution >= 4 is 21.6 Å². The molecule has 1 atom stereocenters. The fraction of sp³-hybridized carbons (Fsp3) is 0.133. The maximum Gasteiger partial charge on any atom is 0.143 e. The fourth-order valence-electron chi connectivity index (χ4n) is 1.80. The maximum atomic E-state index is 13.8. The number of para-hydroxylation sites is 1. The van der Waals surface area contributed by atoms with Crippen LogP contribution >= 0.6 is 15.9 Å². The highest BCUT2D eigenvalue weighted by atomic mass is 79.9. The van der Waals surface area contributed by atoms with Gasteiger partial charge in [0.1, 0.15) is 11.9 Å². The van der Waals surface area contributed by atoms with Crippen LogP contribution in [0.5, 0.6) is 0 Å². The highest BCUT2D eigenvalue weighted by Crippen LogP contribution is 2.27. The summed E-state index contributed by atoms with van der Waals surface area (Å²) in [5, 5.41) is 12.3. The van der Waals surface area contributed by atoms with Gasteiger partial charge >= 0.3 is 0 Å². The molecule has 0 heterocycles.